The average Bonchev–Trinajstić information content (AvgIpc) is 3.86. The number of nitrogens with two attached hydrogens (primary N) is 2. The lowest BCUT2D eigenvalue weighted by molar-refractivity contribution is -0.356. The molecule has 1 aliphatic carbocycles. The van der Waals surface area contributed by atoms with E-state index in [1.54, 1.807) is 18.3 Å². The summed E-state index contributed by atoms with van der Waals surface area (Å²) in [7, 11) is 0. The Bertz CT molecular complexity index is 3300. The van der Waals surface area contributed by atoms with E-state index in [1.807, 2.05) is 53.2 Å². The van der Waals surface area contributed by atoms with Gasteiger partial charge in [-0.15, -0.1) is 5.92 Å². The Hall–Kier alpha value is -6.86. The summed E-state index contributed by atoms with van der Waals surface area (Å²) in [6, 6.07) is 16.5. The first-order chi connectivity index (χ1) is 37.6. The van der Waals surface area contributed by atoms with Crippen molar-refractivity contribution in [2.45, 2.75) is 131 Å². The van der Waals surface area contributed by atoms with Gasteiger partial charge in [0.05, 0.1) is 35.8 Å². The Morgan fingerprint density at radius 2 is 1.77 bits per heavy atom. The molecule has 1 spiro atoms. The molecular weight excluding hydrogens is 1010 g/mol. The minimum Gasteiger partial charge on any atom is -0.487 e. The summed E-state index contributed by atoms with van der Waals surface area (Å²) in [4.78, 5) is 29.6. The molecule has 410 valence electrons. The number of carboxylic acids is 1. The molecule has 2 aromatic heterocycles. The van der Waals surface area contributed by atoms with Gasteiger partial charge in [0.1, 0.15) is 54.7 Å². The Labute approximate surface area is 446 Å². The van der Waals surface area contributed by atoms with E-state index in [0.717, 1.165) is 10.9 Å². The normalized spacial score (nSPS) is 33.2. The number of benzene rings is 3. The molecule has 14 unspecified atom stereocenters. The number of hydrogen-bond donors (Lipinski definition) is 11. The summed E-state index contributed by atoms with van der Waals surface area (Å²) < 4.78 is 47.8. The Balaban J connectivity index is 1.12. The molecular formula is C57H60N4O17. The third-order valence-electron chi connectivity index (χ3n) is 17.3. The summed E-state index contributed by atoms with van der Waals surface area (Å²) >= 11 is 0. The highest BCUT2D eigenvalue weighted by Crippen LogP contribution is 2.66. The predicted octanol–water partition coefficient (Wildman–Crippen LogP) is 1.66. The number of carbonyl (C=O) groups is 2. The molecule has 2 fully saturated rings. The van der Waals surface area contributed by atoms with Crippen molar-refractivity contribution in [1.82, 2.24) is 9.55 Å². The molecule has 8 aliphatic rings. The summed E-state index contributed by atoms with van der Waals surface area (Å²) in [6.07, 6.45) is -9.60. The fourth-order valence-corrected chi connectivity index (χ4v) is 13.7. The van der Waals surface area contributed by atoms with Crippen molar-refractivity contribution in [3.63, 3.8) is 0 Å². The van der Waals surface area contributed by atoms with Crippen LogP contribution in [0.5, 0.6) is 28.7 Å². The molecule has 78 heavy (non-hydrogen) atoms. The number of rotatable bonds is 11. The first-order valence-corrected chi connectivity index (χ1v) is 26.1. The van der Waals surface area contributed by atoms with Crippen molar-refractivity contribution in [2.75, 3.05) is 20.0 Å². The van der Waals surface area contributed by atoms with Crippen LogP contribution in [-0.4, -0.2) is 137 Å². The smallest absolute Gasteiger partial charge is 0.333 e. The minimum atomic E-state index is -2.49. The molecule has 1 saturated heterocycles. The number of esters is 1. The molecule has 13 rings (SSSR count). The molecule has 7 aliphatic heterocycles. The van der Waals surface area contributed by atoms with Crippen LogP contribution in [0.15, 0.2) is 67.0 Å². The van der Waals surface area contributed by atoms with Crippen LogP contribution < -0.4 is 35.2 Å². The van der Waals surface area contributed by atoms with Crippen LogP contribution in [0.3, 0.4) is 0 Å². The monoisotopic (exact) mass is 1070 g/mol. The fraction of sp³-hybridized carbons (Fsp3) is 0.474. The molecule has 9 heterocycles. The number of carbonyl (C=O) groups excluding carboxylic acids is 1. The Morgan fingerprint density at radius 3 is 2.53 bits per heavy atom. The SMILES string of the molecule is NC(N)C1OC(=O)C(C(=O)O)C#CCC2(CCCO)CCC3(Cc4c(cc5c(c4Cn4cc6cc[nH]c6c4CO)C4Oc6c7ccc(OCO)c6OCC(O)C#CC(c6ccccc6)C(O5)C74)OC4OC1C(O)C(O)C43O)C2. The predicted molar refractivity (Wildman–Crippen MR) is 271 cm³/mol. The highest BCUT2D eigenvalue weighted by Gasteiger charge is 2.71. The van der Waals surface area contributed by atoms with E-state index in [-0.39, 0.29) is 87.2 Å². The van der Waals surface area contributed by atoms with Gasteiger partial charge in [0.25, 0.3) is 0 Å². The van der Waals surface area contributed by atoms with Gasteiger partial charge >= 0.3 is 11.9 Å². The van der Waals surface area contributed by atoms with Crippen LogP contribution in [0.1, 0.15) is 90.0 Å². The van der Waals surface area contributed by atoms with Gasteiger partial charge < -0.3 is 95.0 Å². The zero-order chi connectivity index (χ0) is 54.4. The van der Waals surface area contributed by atoms with E-state index < -0.39 is 108 Å². The molecule has 9 bridgehead atoms. The second-order valence-electron chi connectivity index (χ2n) is 21.7. The second kappa shape index (κ2) is 19.8. The second-order valence-corrected chi connectivity index (χ2v) is 21.7. The Morgan fingerprint density at radius 1 is 0.949 bits per heavy atom. The van der Waals surface area contributed by atoms with Crippen molar-refractivity contribution in [3.05, 3.63) is 101 Å². The largest absolute Gasteiger partial charge is 0.487 e. The van der Waals surface area contributed by atoms with Gasteiger partial charge in [-0.2, -0.15) is 0 Å². The number of fused-ring (bicyclic) bond motifs is 10. The quantitative estimate of drug-likeness (QED) is 0.0388. The summed E-state index contributed by atoms with van der Waals surface area (Å²) in [5.74, 6) is 6.40. The molecule has 0 radical (unpaired) electrons. The number of hydrogen-bond acceptors (Lipinski definition) is 18. The lowest BCUT2D eigenvalue weighted by atomic mass is 9.59. The van der Waals surface area contributed by atoms with Crippen LogP contribution in [-0.2, 0) is 38.6 Å². The van der Waals surface area contributed by atoms with Crippen molar-refractivity contribution in [2.24, 2.45) is 28.2 Å². The molecule has 0 amide bonds. The number of aromatic amines is 1. The molecule has 21 nitrogen and oxygen atoms in total. The van der Waals surface area contributed by atoms with Crippen LogP contribution in [0.2, 0.25) is 0 Å². The van der Waals surface area contributed by atoms with Gasteiger partial charge in [-0.05, 0) is 67.2 Å². The number of aliphatic carboxylic acids is 1. The van der Waals surface area contributed by atoms with E-state index in [0.29, 0.717) is 46.3 Å². The molecule has 21 heteroatoms. The molecule has 1 saturated carbocycles. The highest BCUT2D eigenvalue weighted by atomic mass is 16.7. The number of carboxylic acid groups (broad SMARTS) is 1. The van der Waals surface area contributed by atoms with Gasteiger partial charge in [-0.3, -0.25) is 9.59 Å². The first-order valence-electron chi connectivity index (χ1n) is 26.1. The average molecular weight is 1070 g/mol. The van der Waals surface area contributed by atoms with E-state index in [2.05, 4.69) is 28.7 Å². The van der Waals surface area contributed by atoms with Crippen molar-refractivity contribution < 1.29 is 83.6 Å². The zero-order valence-electron chi connectivity index (χ0n) is 42.1. The van der Waals surface area contributed by atoms with E-state index in [1.165, 1.54) is 0 Å². The van der Waals surface area contributed by atoms with Gasteiger partial charge in [-0.1, -0.05) is 54.2 Å². The first kappa shape index (κ1) is 51.9. The third-order valence-corrected chi connectivity index (χ3v) is 17.3. The topological polar surface area (TPSA) is 333 Å². The van der Waals surface area contributed by atoms with Crippen LogP contribution in [0.4, 0.5) is 0 Å². The number of aliphatic hydroxyl groups excluding tert-OH is 6. The maximum absolute atomic E-state index is 13.9. The van der Waals surface area contributed by atoms with E-state index >= 15 is 0 Å². The molecule has 5 aromatic rings. The number of aromatic nitrogens is 2. The Kier molecular flexibility index (Phi) is 13.2. The minimum absolute atomic E-state index is 0.00541. The number of aliphatic hydroxyl groups is 7. The van der Waals surface area contributed by atoms with E-state index in [9.17, 15) is 50.4 Å². The number of nitrogens with zero attached hydrogens (tertiary/aromatic N) is 1. The van der Waals surface area contributed by atoms with E-state index in [4.69, 9.17) is 44.6 Å². The van der Waals surface area contributed by atoms with Crippen molar-refractivity contribution >= 4 is 22.8 Å². The standard InChI is InChI=1S/C57H60N4O17/c58-51(59)49-48-43(66)50(67)57(71)54(78-48)75-38-20-39-40(47-41-32-11-12-37(73-27-64)46(45(32)76-47)72-25-30(65)9-10-31(44(41)74-39)28-6-2-1-3-7-28)35(23-61-22-29-13-18-60-42(29)36(61)24-63)34(38)21-56(57)17-16-55(26-56,15-5-19-62)14-4-8-33(52(68)69)53(70)77-49/h1-3,6-7,11-13,18,20,22,30-31,33,41,43-44,47-51,54,60,62-67,71H,5,14-17,19,21,23-27,58-59H2,(H,68,69). The number of H-pyrrole nitrogens is 1. The zero-order valence-corrected chi connectivity index (χ0v) is 42.1. The van der Waals surface area contributed by atoms with Crippen molar-refractivity contribution in [1.29, 1.82) is 0 Å². The fourth-order valence-electron chi connectivity index (χ4n) is 13.7. The lowest BCUT2D eigenvalue weighted by Gasteiger charge is -2.56. The van der Waals surface area contributed by atoms with Crippen LogP contribution in [0, 0.1) is 40.4 Å². The maximum atomic E-state index is 13.9. The molecule has 13 N–H and O–H groups in total. The van der Waals surface area contributed by atoms with Gasteiger partial charge in [0.2, 0.25) is 18.0 Å². The lowest BCUT2D eigenvalue weighted by Crippen LogP contribution is -2.75. The maximum Gasteiger partial charge on any atom is 0.333 e. The van der Waals surface area contributed by atoms with Crippen LogP contribution >= 0.6 is 0 Å². The number of ether oxygens (including phenoxy) is 7. The third kappa shape index (κ3) is 8.18. The number of nitrogens with one attached hydrogen (secondary N) is 1. The van der Waals surface area contributed by atoms with Gasteiger partial charge in [0, 0.05) is 65.5 Å². The highest BCUT2D eigenvalue weighted by molar-refractivity contribution is 5.97. The molecule has 14 atom stereocenters. The van der Waals surface area contributed by atoms with Gasteiger partial charge in [0.15, 0.2) is 30.0 Å². The molecule has 3 aromatic carbocycles. The summed E-state index contributed by atoms with van der Waals surface area (Å²) in [5, 5.41) is 92.7. The van der Waals surface area contributed by atoms with Crippen LogP contribution in [0.25, 0.3) is 10.9 Å². The summed E-state index contributed by atoms with van der Waals surface area (Å²) in [6.45, 7) is -1.53. The van der Waals surface area contributed by atoms with Gasteiger partial charge in [-0.25, -0.2) is 0 Å². The summed E-state index contributed by atoms with van der Waals surface area (Å²) in [5.41, 5.74) is 11.9. The van der Waals surface area contributed by atoms with Crippen molar-refractivity contribution in [3.8, 4) is 52.4 Å².